The van der Waals surface area contributed by atoms with E-state index in [0.29, 0.717) is 12.6 Å². The standard InChI is InChI=1S/C10H21N3/c1-5-6-13(9(2)3)8-10(4,12)7-11/h9H,5-6,8,12H2,1-4H3. The number of hydrogen-bond donors (Lipinski definition) is 1. The predicted octanol–water partition coefficient (Wildman–Crippen LogP) is 1.35. The number of nitriles is 1. The summed E-state index contributed by atoms with van der Waals surface area (Å²) in [6.07, 6.45) is 1.10. The maximum Gasteiger partial charge on any atom is 0.114 e. The zero-order valence-electron chi connectivity index (χ0n) is 9.17. The Labute approximate surface area is 81.5 Å². The fraction of sp³-hybridized carbons (Fsp3) is 0.900. The molecule has 0 bridgehead atoms. The van der Waals surface area contributed by atoms with Gasteiger partial charge in [-0.2, -0.15) is 5.26 Å². The Morgan fingerprint density at radius 1 is 1.54 bits per heavy atom. The van der Waals surface area contributed by atoms with Gasteiger partial charge in [-0.1, -0.05) is 6.92 Å². The molecule has 13 heavy (non-hydrogen) atoms. The Kier molecular flexibility index (Phi) is 4.97. The quantitative estimate of drug-likeness (QED) is 0.700. The van der Waals surface area contributed by atoms with E-state index in [0.717, 1.165) is 13.0 Å². The monoisotopic (exact) mass is 183 g/mol. The van der Waals surface area contributed by atoms with Crippen molar-refractivity contribution in [3.05, 3.63) is 0 Å². The van der Waals surface area contributed by atoms with Gasteiger partial charge in [0.2, 0.25) is 0 Å². The molecule has 0 radical (unpaired) electrons. The number of hydrogen-bond acceptors (Lipinski definition) is 3. The van der Waals surface area contributed by atoms with Gasteiger partial charge in [0.1, 0.15) is 5.54 Å². The fourth-order valence-electron chi connectivity index (χ4n) is 1.26. The number of rotatable bonds is 5. The highest BCUT2D eigenvalue weighted by Gasteiger charge is 2.22. The van der Waals surface area contributed by atoms with Crippen molar-refractivity contribution in [1.82, 2.24) is 4.90 Å². The summed E-state index contributed by atoms with van der Waals surface area (Å²) in [4.78, 5) is 2.24. The molecule has 2 N–H and O–H groups in total. The van der Waals surface area contributed by atoms with Gasteiger partial charge in [-0.15, -0.1) is 0 Å². The molecule has 1 unspecified atom stereocenters. The second kappa shape index (κ2) is 5.21. The summed E-state index contributed by atoms with van der Waals surface area (Å²) in [5, 5.41) is 8.79. The van der Waals surface area contributed by atoms with Crippen molar-refractivity contribution in [2.24, 2.45) is 5.73 Å². The molecule has 3 nitrogen and oxygen atoms in total. The van der Waals surface area contributed by atoms with Crippen LogP contribution in [-0.4, -0.2) is 29.6 Å². The highest BCUT2D eigenvalue weighted by Crippen LogP contribution is 2.06. The molecule has 0 aromatic rings. The van der Waals surface area contributed by atoms with Gasteiger partial charge in [-0.3, -0.25) is 4.90 Å². The third-order valence-electron chi connectivity index (χ3n) is 2.03. The van der Waals surface area contributed by atoms with E-state index in [-0.39, 0.29) is 0 Å². The number of nitrogens with zero attached hydrogens (tertiary/aromatic N) is 2. The summed E-state index contributed by atoms with van der Waals surface area (Å²) in [6, 6.07) is 2.58. The van der Waals surface area contributed by atoms with E-state index in [1.807, 2.05) is 0 Å². The highest BCUT2D eigenvalue weighted by atomic mass is 15.2. The third kappa shape index (κ3) is 4.87. The molecule has 1 atom stereocenters. The molecule has 0 saturated heterocycles. The van der Waals surface area contributed by atoms with Crippen LogP contribution in [-0.2, 0) is 0 Å². The van der Waals surface area contributed by atoms with E-state index < -0.39 is 5.54 Å². The summed E-state index contributed by atoms with van der Waals surface area (Å²) in [5.41, 5.74) is 5.06. The van der Waals surface area contributed by atoms with E-state index in [1.54, 1.807) is 6.92 Å². The van der Waals surface area contributed by atoms with Gasteiger partial charge >= 0.3 is 0 Å². The van der Waals surface area contributed by atoms with Crippen molar-refractivity contribution < 1.29 is 0 Å². The van der Waals surface area contributed by atoms with E-state index in [2.05, 4.69) is 31.7 Å². The first-order valence-electron chi connectivity index (χ1n) is 4.87. The molecule has 0 rings (SSSR count). The minimum absolute atomic E-state index is 0.455. The largest absolute Gasteiger partial charge is 0.313 e. The minimum atomic E-state index is -0.723. The van der Waals surface area contributed by atoms with E-state index in [4.69, 9.17) is 11.0 Å². The Morgan fingerprint density at radius 3 is 2.38 bits per heavy atom. The van der Waals surface area contributed by atoms with Crippen molar-refractivity contribution in [3.63, 3.8) is 0 Å². The molecular formula is C10H21N3. The summed E-state index contributed by atoms with van der Waals surface area (Å²) in [7, 11) is 0. The first kappa shape index (κ1) is 12.4. The van der Waals surface area contributed by atoms with Crippen molar-refractivity contribution >= 4 is 0 Å². The van der Waals surface area contributed by atoms with Crippen LogP contribution in [0.2, 0.25) is 0 Å². The highest BCUT2D eigenvalue weighted by molar-refractivity contribution is 5.03. The first-order chi connectivity index (χ1) is 5.93. The molecular weight excluding hydrogens is 162 g/mol. The molecule has 0 saturated carbocycles. The Hall–Kier alpha value is -0.590. The molecule has 0 aromatic carbocycles. The third-order valence-corrected chi connectivity index (χ3v) is 2.03. The van der Waals surface area contributed by atoms with Gasteiger partial charge in [0.25, 0.3) is 0 Å². The van der Waals surface area contributed by atoms with Crippen LogP contribution < -0.4 is 5.73 Å². The molecule has 0 amide bonds. The van der Waals surface area contributed by atoms with Crippen molar-refractivity contribution in [3.8, 4) is 6.07 Å². The maximum atomic E-state index is 8.79. The van der Waals surface area contributed by atoms with Crippen molar-refractivity contribution in [2.75, 3.05) is 13.1 Å². The predicted molar refractivity (Wildman–Crippen MR) is 55.2 cm³/mol. The van der Waals surface area contributed by atoms with E-state index in [1.165, 1.54) is 0 Å². The molecule has 76 valence electrons. The van der Waals surface area contributed by atoms with Crippen LogP contribution in [0.5, 0.6) is 0 Å². The molecule has 3 heteroatoms. The minimum Gasteiger partial charge on any atom is -0.313 e. The van der Waals surface area contributed by atoms with Gasteiger partial charge < -0.3 is 5.73 Å². The lowest BCUT2D eigenvalue weighted by Gasteiger charge is -2.30. The Morgan fingerprint density at radius 2 is 2.08 bits per heavy atom. The Balaban J connectivity index is 4.19. The van der Waals surface area contributed by atoms with Gasteiger partial charge in [0.15, 0.2) is 0 Å². The topological polar surface area (TPSA) is 53.0 Å². The lowest BCUT2D eigenvalue weighted by molar-refractivity contribution is 0.195. The summed E-state index contributed by atoms with van der Waals surface area (Å²) in [5.74, 6) is 0. The summed E-state index contributed by atoms with van der Waals surface area (Å²) < 4.78 is 0. The van der Waals surface area contributed by atoms with Gasteiger partial charge in [-0.05, 0) is 33.7 Å². The van der Waals surface area contributed by atoms with E-state index >= 15 is 0 Å². The van der Waals surface area contributed by atoms with Crippen LogP contribution in [0.25, 0.3) is 0 Å². The molecule has 0 heterocycles. The van der Waals surface area contributed by atoms with Crippen LogP contribution in [0, 0.1) is 11.3 Å². The van der Waals surface area contributed by atoms with Crippen molar-refractivity contribution in [2.45, 2.75) is 45.7 Å². The van der Waals surface area contributed by atoms with Gasteiger partial charge in [0.05, 0.1) is 6.07 Å². The smallest absolute Gasteiger partial charge is 0.114 e. The lowest BCUT2D eigenvalue weighted by Crippen LogP contribution is -2.49. The fourth-order valence-corrected chi connectivity index (χ4v) is 1.26. The lowest BCUT2D eigenvalue weighted by atomic mass is 10.0. The molecule has 0 aliphatic heterocycles. The second-order valence-corrected chi connectivity index (χ2v) is 4.09. The van der Waals surface area contributed by atoms with Gasteiger partial charge in [0, 0.05) is 12.6 Å². The maximum absolute atomic E-state index is 8.79. The molecule has 0 aliphatic carbocycles. The zero-order chi connectivity index (χ0) is 10.5. The van der Waals surface area contributed by atoms with Gasteiger partial charge in [-0.25, -0.2) is 0 Å². The second-order valence-electron chi connectivity index (χ2n) is 4.09. The number of nitrogens with two attached hydrogens (primary N) is 1. The average Bonchev–Trinajstić information content (AvgIpc) is 2.03. The van der Waals surface area contributed by atoms with Crippen LogP contribution in [0.1, 0.15) is 34.1 Å². The SMILES string of the molecule is CCCN(CC(C)(N)C#N)C(C)C. The van der Waals surface area contributed by atoms with Crippen LogP contribution in [0.4, 0.5) is 0 Å². The first-order valence-corrected chi connectivity index (χ1v) is 4.87. The van der Waals surface area contributed by atoms with Crippen LogP contribution >= 0.6 is 0 Å². The molecule has 0 aliphatic rings. The van der Waals surface area contributed by atoms with E-state index in [9.17, 15) is 0 Å². The van der Waals surface area contributed by atoms with Crippen LogP contribution in [0.15, 0.2) is 0 Å². The summed E-state index contributed by atoms with van der Waals surface area (Å²) in [6.45, 7) is 9.82. The summed E-state index contributed by atoms with van der Waals surface area (Å²) >= 11 is 0. The normalized spacial score (nSPS) is 15.8. The molecule has 0 fully saturated rings. The van der Waals surface area contributed by atoms with Crippen LogP contribution in [0.3, 0.4) is 0 Å². The zero-order valence-corrected chi connectivity index (χ0v) is 9.17. The molecule has 0 aromatic heterocycles. The average molecular weight is 183 g/mol. The Bertz CT molecular complexity index is 179. The van der Waals surface area contributed by atoms with Crippen molar-refractivity contribution in [1.29, 1.82) is 5.26 Å². The molecule has 0 spiro atoms.